The van der Waals surface area contributed by atoms with E-state index in [0.717, 1.165) is 0 Å². The molecule has 1 atom stereocenters. The molecule has 0 spiro atoms. The van der Waals surface area contributed by atoms with Crippen LogP contribution >= 0.6 is 19.0 Å². The summed E-state index contributed by atoms with van der Waals surface area (Å²) >= 11 is 5.77. The average Bonchev–Trinajstić information content (AvgIpc) is 2.68. The van der Waals surface area contributed by atoms with E-state index in [2.05, 4.69) is 0 Å². The van der Waals surface area contributed by atoms with Crippen LogP contribution < -0.4 is 4.74 Å². The Morgan fingerprint density at radius 1 is 1.24 bits per heavy atom. The van der Waals surface area contributed by atoms with Crippen LogP contribution in [0.3, 0.4) is 0 Å². The molecule has 0 saturated heterocycles. The van der Waals surface area contributed by atoms with Gasteiger partial charge < -0.3 is 4.74 Å². The smallest absolute Gasteiger partial charge is 0.213 e. The first-order valence-corrected chi connectivity index (χ1v) is 7.78. The summed E-state index contributed by atoms with van der Waals surface area (Å²) in [5.41, 5.74) is 0. The van der Waals surface area contributed by atoms with Gasteiger partial charge >= 0.3 is 0 Å². The van der Waals surface area contributed by atoms with Crippen LogP contribution in [-0.4, -0.2) is 18.6 Å². The topological polar surface area (TPSA) is 35.5 Å². The maximum absolute atomic E-state index is 12.1. The summed E-state index contributed by atoms with van der Waals surface area (Å²) in [4.78, 5) is 0. The molecule has 5 heteroatoms. The lowest BCUT2D eigenvalue weighted by Gasteiger charge is -2.19. The van der Waals surface area contributed by atoms with Crippen LogP contribution in [0.25, 0.3) is 0 Å². The minimum atomic E-state index is -2.53. The van der Waals surface area contributed by atoms with Crippen LogP contribution in [0, 0.1) is 0 Å². The number of hydrogen-bond donors (Lipinski definition) is 0. The Bertz CT molecular complexity index is 443. The number of halogens is 1. The van der Waals surface area contributed by atoms with E-state index in [4.69, 9.17) is 20.9 Å². The summed E-state index contributed by atoms with van der Waals surface area (Å²) < 4.78 is 23.1. The maximum Gasteiger partial charge on any atom is 0.213 e. The van der Waals surface area contributed by atoms with Crippen molar-refractivity contribution in [3.63, 3.8) is 0 Å². The van der Waals surface area contributed by atoms with E-state index in [-0.39, 0.29) is 0 Å². The van der Waals surface area contributed by atoms with E-state index in [0.29, 0.717) is 23.1 Å². The van der Waals surface area contributed by atoms with E-state index in [1.54, 1.807) is 31.2 Å². The molecular formula is C12H14ClO3P. The van der Waals surface area contributed by atoms with E-state index >= 15 is 0 Å². The number of benzene rings is 1. The summed E-state index contributed by atoms with van der Waals surface area (Å²) in [7, 11) is -2.53. The molecule has 1 unspecified atom stereocenters. The first-order chi connectivity index (χ1) is 8.07. The molecule has 0 N–H and O–H groups in total. The summed E-state index contributed by atoms with van der Waals surface area (Å²) in [5.74, 6) is 0.653. The number of hydrogen-bond acceptors (Lipinski definition) is 3. The van der Waals surface area contributed by atoms with Gasteiger partial charge in [0.2, 0.25) is 13.7 Å². The molecular weight excluding hydrogens is 259 g/mol. The fraction of sp³-hybridized carbons (Fsp3) is 0.333. The van der Waals surface area contributed by atoms with E-state index < -0.39 is 13.7 Å². The molecule has 0 aromatic heterocycles. The van der Waals surface area contributed by atoms with Gasteiger partial charge in [0.25, 0.3) is 0 Å². The van der Waals surface area contributed by atoms with Crippen molar-refractivity contribution < 1.29 is 13.8 Å². The predicted octanol–water partition coefficient (Wildman–Crippen LogP) is 3.93. The molecule has 1 heterocycles. The number of ether oxygens (including phenoxy) is 1. The lowest BCUT2D eigenvalue weighted by molar-refractivity contribution is 0.0257. The molecule has 0 aliphatic carbocycles. The molecule has 2 rings (SSSR count). The van der Waals surface area contributed by atoms with Gasteiger partial charge in [0.15, 0.2) is 0 Å². The monoisotopic (exact) mass is 272 g/mol. The van der Waals surface area contributed by atoms with Gasteiger partial charge in [-0.1, -0.05) is 23.8 Å². The second kappa shape index (κ2) is 5.26. The Hall–Kier alpha value is -0.760. The highest BCUT2D eigenvalue weighted by molar-refractivity contribution is 7.59. The van der Waals surface area contributed by atoms with Gasteiger partial charge in [-0.15, -0.1) is 0 Å². The average molecular weight is 273 g/mol. The molecule has 0 radical (unpaired) electrons. The molecule has 0 saturated carbocycles. The molecule has 1 aromatic carbocycles. The van der Waals surface area contributed by atoms with Gasteiger partial charge in [0.1, 0.15) is 5.75 Å². The molecule has 1 aliphatic heterocycles. The zero-order valence-corrected chi connectivity index (χ0v) is 11.2. The molecule has 0 fully saturated rings. The van der Waals surface area contributed by atoms with Crippen molar-refractivity contribution in [2.24, 2.45) is 0 Å². The summed E-state index contributed by atoms with van der Waals surface area (Å²) in [6.45, 7) is 1.74. The summed E-state index contributed by atoms with van der Waals surface area (Å²) in [6.07, 6.45) is 4.25. The molecule has 0 bridgehead atoms. The Morgan fingerprint density at radius 3 is 2.41 bits per heavy atom. The van der Waals surface area contributed by atoms with Crippen LogP contribution in [0.4, 0.5) is 0 Å². The summed E-state index contributed by atoms with van der Waals surface area (Å²) in [5, 5.41) is 0.652. The van der Waals surface area contributed by atoms with Crippen molar-refractivity contribution in [3.8, 4) is 5.75 Å². The fourth-order valence-electron chi connectivity index (χ4n) is 1.63. The van der Waals surface area contributed by atoms with Crippen molar-refractivity contribution in [1.29, 1.82) is 0 Å². The number of rotatable bonds is 4. The molecule has 92 valence electrons. The largest absolute Gasteiger partial charge is 0.465 e. The van der Waals surface area contributed by atoms with Crippen LogP contribution in [0.2, 0.25) is 5.02 Å². The number of allylic oxidation sites excluding steroid dienone is 2. The standard InChI is InChI=1S/C12H14ClO3P/c1-10(16-17(14)8-2-3-9-17)15-12-6-4-11(13)5-7-12/h2-7,10H,8-9H2,1H3. The van der Waals surface area contributed by atoms with Gasteiger partial charge in [-0.25, -0.2) is 0 Å². The maximum atomic E-state index is 12.1. The molecule has 1 aliphatic rings. The van der Waals surface area contributed by atoms with Crippen molar-refractivity contribution in [1.82, 2.24) is 0 Å². The second-order valence-electron chi connectivity index (χ2n) is 3.90. The predicted molar refractivity (Wildman–Crippen MR) is 69.1 cm³/mol. The third-order valence-corrected chi connectivity index (χ3v) is 4.86. The minimum Gasteiger partial charge on any atom is -0.465 e. The quantitative estimate of drug-likeness (QED) is 0.473. The van der Waals surface area contributed by atoms with Crippen LogP contribution in [0.15, 0.2) is 36.4 Å². The molecule has 0 amide bonds. The van der Waals surface area contributed by atoms with Crippen LogP contribution in [-0.2, 0) is 9.09 Å². The Labute approximate surface area is 106 Å². The van der Waals surface area contributed by atoms with Crippen LogP contribution in [0.1, 0.15) is 6.92 Å². The lowest BCUT2D eigenvalue weighted by atomic mass is 10.3. The van der Waals surface area contributed by atoms with Gasteiger partial charge in [-0.3, -0.25) is 9.09 Å². The fourth-order valence-corrected chi connectivity index (χ4v) is 3.60. The van der Waals surface area contributed by atoms with Crippen molar-refractivity contribution in [2.45, 2.75) is 13.2 Å². The Morgan fingerprint density at radius 2 is 1.82 bits per heavy atom. The highest BCUT2D eigenvalue weighted by Gasteiger charge is 2.27. The van der Waals surface area contributed by atoms with E-state index in [1.165, 1.54) is 0 Å². The van der Waals surface area contributed by atoms with Gasteiger partial charge in [-0.2, -0.15) is 0 Å². The van der Waals surface area contributed by atoms with Gasteiger partial charge in [0, 0.05) is 17.3 Å². The Kier molecular flexibility index (Phi) is 3.93. The van der Waals surface area contributed by atoms with E-state index in [1.807, 2.05) is 12.2 Å². The second-order valence-corrected chi connectivity index (χ2v) is 6.90. The zero-order chi connectivity index (χ0) is 12.3. The third-order valence-electron chi connectivity index (χ3n) is 2.39. The van der Waals surface area contributed by atoms with Crippen molar-refractivity contribution in [2.75, 3.05) is 12.3 Å². The summed E-state index contributed by atoms with van der Waals surface area (Å²) in [6, 6.07) is 6.99. The SMILES string of the molecule is CC(Oc1ccc(Cl)cc1)OP1(=O)CC=CC1. The molecule has 17 heavy (non-hydrogen) atoms. The highest BCUT2D eigenvalue weighted by Crippen LogP contribution is 2.51. The third kappa shape index (κ3) is 3.60. The van der Waals surface area contributed by atoms with Crippen molar-refractivity contribution in [3.05, 3.63) is 41.4 Å². The minimum absolute atomic E-state index is 0.501. The highest BCUT2D eigenvalue weighted by atomic mass is 35.5. The van der Waals surface area contributed by atoms with Gasteiger partial charge in [0.05, 0.1) is 0 Å². The first-order valence-electron chi connectivity index (χ1n) is 5.41. The van der Waals surface area contributed by atoms with Crippen LogP contribution in [0.5, 0.6) is 5.75 Å². The van der Waals surface area contributed by atoms with Gasteiger partial charge in [-0.05, 0) is 31.2 Å². The molecule has 3 nitrogen and oxygen atoms in total. The molecule has 1 aromatic rings. The zero-order valence-electron chi connectivity index (χ0n) is 9.51. The van der Waals surface area contributed by atoms with Crippen molar-refractivity contribution >= 4 is 19.0 Å². The van der Waals surface area contributed by atoms with E-state index in [9.17, 15) is 4.57 Å². The lowest BCUT2D eigenvalue weighted by Crippen LogP contribution is -2.15. The Balaban J connectivity index is 1.91. The normalized spacial score (nSPS) is 19.2. The first kappa shape index (κ1) is 12.7.